The summed E-state index contributed by atoms with van der Waals surface area (Å²) in [5.74, 6) is 0.850. The van der Waals surface area contributed by atoms with E-state index in [4.69, 9.17) is 9.47 Å². The van der Waals surface area contributed by atoms with Crippen molar-refractivity contribution in [2.75, 3.05) is 20.8 Å². The molecule has 0 heterocycles. The molecule has 0 amide bonds. The van der Waals surface area contributed by atoms with Gasteiger partial charge in [0.1, 0.15) is 17.3 Å². The van der Waals surface area contributed by atoms with Gasteiger partial charge in [-0.25, -0.2) is 4.39 Å². The molecule has 0 aliphatic heterocycles. The minimum atomic E-state index is -0.341. The lowest BCUT2D eigenvalue weighted by atomic mass is 10.0. The Bertz CT molecular complexity index is 648. The highest BCUT2D eigenvalue weighted by molar-refractivity contribution is 5.33. The number of aliphatic hydroxyl groups excluding tert-OH is 1. The maximum absolute atomic E-state index is 14.2. The molecule has 5 heteroatoms. The second-order valence-corrected chi connectivity index (χ2v) is 5.29. The number of hydrogen-bond acceptors (Lipinski definition) is 4. The monoisotopic (exact) mass is 319 g/mol. The first-order valence-electron chi connectivity index (χ1n) is 7.43. The summed E-state index contributed by atoms with van der Waals surface area (Å²) < 4.78 is 24.4. The highest BCUT2D eigenvalue weighted by atomic mass is 19.1. The minimum Gasteiger partial charge on any atom is -0.497 e. The standard InChI is InChI=1S/C18H22FNO3/c1-12(16-8-7-15(23-3)10-17(16)19)20-18(11-21)13-5-4-6-14(9-13)22-2/h4-10,12,18,20-21H,11H2,1-3H3. The van der Waals surface area contributed by atoms with Crippen molar-refractivity contribution in [3.05, 3.63) is 59.4 Å². The fraction of sp³-hybridized carbons (Fsp3) is 0.333. The van der Waals surface area contributed by atoms with E-state index in [-0.39, 0.29) is 24.5 Å². The second kappa shape index (κ2) is 7.94. The van der Waals surface area contributed by atoms with Crippen molar-refractivity contribution in [1.29, 1.82) is 0 Å². The molecule has 2 atom stereocenters. The molecular formula is C18H22FNO3. The first-order chi connectivity index (χ1) is 11.1. The number of rotatable bonds is 7. The zero-order chi connectivity index (χ0) is 16.8. The Morgan fingerprint density at radius 1 is 1.09 bits per heavy atom. The van der Waals surface area contributed by atoms with Crippen LogP contribution in [0, 0.1) is 5.82 Å². The summed E-state index contributed by atoms with van der Waals surface area (Å²) in [4.78, 5) is 0. The molecule has 0 aliphatic rings. The van der Waals surface area contributed by atoms with Gasteiger partial charge in [0.2, 0.25) is 0 Å². The maximum Gasteiger partial charge on any atom is 0.131 e. The maximum atomic E-state index is 14.2. The Balaban J connectivity index is 2.17. The van der Waals surface area contributed by atoms with Crippen molar-refractivity contribution in [3.8, 4) is 11.5 Å². The van der Waals surface area contributed by atoms with Gasteiger partial charge in [-0.05, 0) is 30.7 Å². The normalized spacial score (nSPS) is 13.4. The third-order valence-electron chi connectivity index (χ3n) is 3.80. The lowest BCUT2D eigenvalue weighted by molar-refractivity contribution is 0.234. The average Bonchev–Trinajstić information content (AvgIpc) is 2.59. The predicted octanol–water partition coefficient (Wildman–Crippen LogP) is 3.23. The van der Waals surface area contributed by atoms with E-state index < -0.39 is 0 Å². The summed E-state index contributed by atoms with van der Waals surface area (Å²) in [7, 11) is 3.09. The number of hydrogen-bond donors (Lipinski definition) is 2. The van der Waals surface area contributed by atoms with E-state index in [1.54, 1.807) is 19.2 Å². The van der Waals surface area contributed by atoms with Gasteiger partial charge in [0.15, 0.2) is 0 Å². The van der Waals surface area contributed by atoms with E-state index in [0.29, 0.717) is 17.1 Å². The van der Waals surface area contributed by atoms with Crippen LogP contribution in [0.3, 0.4) is 0 Å². The van der Waals surface area contributed by atoms with Crippen LogP contribution >= 0.6 is 0 Å². The van der Waals surface area contributed by atoms with Crippen molar-refractivity contribution >= 4 is 0 Å². The molecule has 124 valence electrons. The van der Waals surface area contributed by atoms with Crippen molar-refractivity contribution in [3.63, 3.8) is 0 Å². The van der Waals surface area contributed by atoms with E-state index in [0.717, 1.165) is 5.56 Å². The molecule has 0 fully saturated rings. The Kier molecular flexibility index (Phi) is 5.96. The molecule has 4 nitrogen and oxygen atoms in total. The van der Waals surface area contributed by atoms with Gasteiger partial charge in [-0.2, -0.15) is 0 Å². The first-order valence-corrected chi connectivity index (χ1v) is 7.43. The molecule has 0 aliphatic carbocycles. The van der Waals surface area contributed by atoms with Crippen molar-refractivity contribution < 1.29 is 19.0 Å². The smallest absolute Gasteiger partial charge is 0.131 e. The zero-order valence-corrected chi connectivity index (χ0v) is 13.5. The molecular weight excluding hydrogens is 297 g/mol. The summed E-state index contributed by atoms with van der Waals surface area (Å²) in [6.07, 6.45) is 0. The van der Waals surface area contributed by atoms with E-state index in [9.17, 15) is 9.50 Å². The van der Waals surface area contributed by atoms with Gasteiger partial charge < -0.3 is 19.9 Å². The van der Waals surface area contributed by atoms with Crippen molar-refractivity contribution in [1.82, 2.24) is 5.32 Å². The number of ether oxygens (including phenoxy) is 2. The van der Waals surface area contributed by atoms with Gasteiger partial charge in [0.25, 0.3) is 0 Å². The summed E-state index contributed by atoms with van der Waals surface area (Å²) in [6.45, 7) is 1.75. The van der Waals surface area contributed by atoms with Crippen LogP contribution in [0.5, 0.6) is 11.5 Å². The van der Waals surface area contributed by atoms with Gasteiger partial charge in [-0.15, -0.1) is 0 Å². The molecule has 2 N–H and O–H groups in total. The molecule has 23 heavy (non-hydrogen) atoms. The largest absolute Gasteiger partial charge is 0.497 e. The second-order valence-electron chi connectivity index (χ2n) is 5.29. The predicted molar refractivity (Wildman–Crippen MR) is 87.3 cm³/mol. The Morgan fingerprint density at radius 2 is 1.78 bits per heavy atom. The third-order valence-corrected chi connectivity index (χ3v) is 3.80. The molecule has 0 radical (unpaired) electrons. The number of halogens is 1. The number of nitrogens with one attached hydrogen (secondary N) is 1. The number of methoxy groups -OCH3 is 2. The van der Waals surface area contributed by atoms with Crippen LogP contribution in [0.4, 0.5) is 4.39 Å². The molecule has 0 saturated carbocycles. The molecule has 2 aromatic carbocycles. The topological polar surface area (TPSA) is 50.7 Å². The molecule has 2 aromatic rings. The van der Waals surface area contributed by atoms with Gasteiger partial charge in [0, 0.05) is 17.7 Å². The lowest BCUT2D eigenvalue weighted by Gasteiger charge is -2.23. The Labute approximate surface area is 135 Å². The van der Waals surface area contributed by atoms with E-state index in [1.807, 2.05) is 31.2 Å². The van der Waals surface area contributed by atoms with Crippen LogP contribution in [0.25, 0.3) is 0 Å². The zero-order valence-electron chi connectivity index (χ0n) is 13.5. The highest BCUT2D eigenvalue weighted by Crippen LogP contribution is 2.25. The summed E-state index contributed by atoms with van der Waals surface area (Å²) in [5.41, 5.74) is 1.40. The molecule has 0 bridgehead atoms. The van der Waals surface area contributed by atoms with Gasteiger partial charge >= 0.3 is 0 Å². The molecule has 2 unspecified atom stereocenters. The first kappa shape index (κ1) is 17.2. The summed E-state index contributed by atoms with van der Waals surface area (Å²) in [6, 6.07) is 11.6. The van der Waals surface area contributed by atoms with Crippen LogP contribution in [-0.2, 0) is 0 Å². The van der Waals surface area contributed by atoms with Crippen LogP contribution in [-0.4, -0.2) is 25.9 Å². The van der Waals surface area contributed by atoms with Crippen LogP contribution in [0.2, 0.25) is 0 Å². The molecule has 0 saturated heterocycles. The molecule has 0 spiro atoms. The quantitative estimate of drug-likeness (QED) is 0.823. The van der Waals surface area contributed by atoms with E-state index >= 15 is 0 Å². The molecule has 2 rings (SSSR count). The van der Waals surface area contributed by atoms with Gasteiger partial charge in [-0.3, -0.25) is 0 Å². The number of aliphatic hydroxyl groups is 1. The van der Waals surface area contributed by atoms with Crippen molar-refractivity contribution in [2.24, 2.45) is 0 Å². The van der Waals surface area contributed by atoms with Crippen LogP contribution in [0.1, 0.15) is 30.1 Å². The lowest BCUT2D eigenvalue weighted by Crippen LogP contribution is -2.27. The fourth-order valence-corrected chi connectivity index (χ4v) is 2.49. The highest BCUT2D eigenvalue weighted by Gasteiger charge is 2.18. The Morgan fingerprint density at radius 3 is 2.39 bits per heavy atom. The summed E-state index contributed by atoms with van der Waals surface area (Å²) in [5, 5.41) is 12.9. The van der Waals surface area contributed by atoms with E-state index in [2.05, 4.69) is 5.32 Å². The minimum absolute atomic E-state index is 0.102. The fourth-order valence-electron chi connectivity index (χ4n) is 2.49. The molecule has 0 aromatic heterocycles. The SMILES string of the molecule is COc1cccc(C(CO)NC(C)c2ccc(OC)cc2F)c1. The van der Waals surface area contributed by atoms with Crippen molar-refractivity contribution in [2.45, 2.75) is 19.0 Å². The number of benzene rings is 2. The van der Waals surface area contributed by atoms with E-state index in [1.165, 1.54) is 13.2 Å². The van der Waals surface area contributed by atoms with Crippen LogP contribution in [0.15, 0.2) is 42.5 Å². The van der Waals surface area contributed by atoms with Gasteiger partial charge in [0.05, 0.1) is 26.9 Å². The third kappa shape index (κ3) is 4.21. The summed E-state index contributed by atoms with van der Waals surface area (Å²) >= 11 is 0. The van der Waals surface area contributed by atoms with Gasteiger partial charge in [-0.1, -0.05) is 18.2 Å². The van der Waals surface area contributed by atoms with Crippen LogP contribution < -0.4 is 14.8 Å². The average molecular weight is 319 g/mol. The Hall–Kier alpha value is -2.11.